The minimum atomic E-state index is -0.298. The van der Waals surface area contributed by atoms with Crippen molar-refractivity contribution in [3.8, 4) is 0 Å². The highest BCUT2D eigenvalue weighted by Gasteiger charge is 2.51. The molecule has 1 unspecified atom stereocenters. The fourth-order valence-corrected chi connectivity index (χ4v) is 4.27. The van der Waals surface area contributed by atoms with Gasteiger partial charge in [-0.1, -0.05) is 24.3 Å². The molecule has 1 atom stereocenters. The van der Waals surface area contributed by atoms with Gasteiger partial charge in [0.25, 0.3) is 0 Å². The number of morpholine rings is 1. The zero-order chi connectivity index (χ0) is 19.1. The molecule has 27 heavy (non-hydrogen) atoms. The van der Waals surface area contributed by atoms with E-state index >= 15 is 0 Å². The summed E-state index contributed by atoms with van der Waals surface area (Å²) in [6, 6.07) is 9.40. The van der Waals surface area contributed by atoms with Crippen molar-refractivity contribution in [2.24, 2.45) is 0 Å². The molecule has 4 rings (SSSR count). The molecule has 3 aliphatic heterocycles. The number of ether oxygens (including phenoxy) is 1. The molecule has 3 heterocycles. The molecule has 0 aliphatic carbocycles. The number of hydrogen-bond acceptors (Lipinski definition) is 5. The Bertz CT molecular complexity index is 645. The van der Waals surface area contributed by atoms with Gasteiger partial charge in [0.05, 0.1) is 24.4 Å². The maximum absolute atomic E-state index is 6.22. The van der Waals surface area contributed by atoms with E-state index in [2.05, 4.69) is 61.8 Å². The van der Waals surface area contributed by atoms with E-state index < -0.39 is 0 Å². The third-order valence-corrected chi connectivity index (χ3v) is 6.69. The molecule has 6 heteroatoms. The highest BCUT2D eigenvalue weighted by molar-refractivity contribution is 6.62. The molecular weight excluding hydrogens is 339 g/mol. The van der Waals surface area contributed by atoms with E-state index in [9.17, 15) is 0 Å². The van der Waals surface area contributed by atoms with Crippen LogP contribution in [0.3, 0.4) is 0 Å². The van der Waals surface area contributed by atoms with Gasteiger partial charge in [-0.05, 0) is 45.1 Å². The van der Waals surface area contributed by atoms with Crippen LogP contribution in [-0.2, 0) is 20.6 Å². The normalized spacial score (nSPS) is 28.7. The van der Waals surface area contributed by atoms with E-state index in [0.29, 0.717) is 6.04 Å². The first-order valence-corrected chi connectivity index (χ1v) is 10.3. The van der Waals surface area contributed by atoms with Crippen LogP contribution in [0.2, 0.25) is 0 Å². The van der Waals surface area contributed by atoms with Gasteiger partial charge in [-0.15, -0.1) is 0 Å². The van der Waals surface area contributed by atoms with Gasteiger partial charge in [-0.25, -0.2) is 0 Å². The Balaban J connectivity index is 1.38. The van der Waals surface area contributed by atoms with Crippen LogP contribution in [0.15, 0.2) is 24.3 Å². The van der Waals surface area contributed by atoms with Crippen LogP contribution in [0.25, 0.3) is 0 Å². The Kier molecular flexibility index (Phi) is 5.38. The van der Waals surface area contributed by atoms with E-state index in [0.717, 1.165) is 44.9 Å². The van der Waals surface area contributed by atoms with Crippen molar-refractivity contribution in [2.75, 3.05) is 39.4 Å². The van der Waals surface area contributed by atoms with E-state index in [1.165, 1.54) is 18.5 Å². The fraction of sp³-hybridized carbons (Fsp3) is 0.714. The average molecular weight is 372 g/mol. The second-order valence-corrected chi connectivity index (χ2v) is 9.16. The van der Waals surface area contributed by atoms with E-state index in [1.807, 2.05) is 0 Å². The van der Waals surface area contributed by atoms with E-state index in [4.69, 9.17) is 14.0 Å². The zero-order valence-corrected chi connectivity index (χ0v) is 17.2. The lowest BCUT2D eigenvalue weighted by Gasteiger charge is -2.32. The Morgan fingerprint density at radius 1 is 1.04 bits per heavy atom. The summed E-state index contributed by atoms with van der Waals surface area (Å²) < 4.78 is 17.9. The van der Waals surface area contributed by atoms with Crippen LogP contribution in [0.1, 0.15) is 39.7 Å². The number of nitrogens with zero attached hydrogens (tertiary/aromatic N) is 2. The third kappa shape index (κ3) is 4.10. The van der Waals surface area contributed by atoms with Crippen molar-refractivity contribution < 1.29 is 14.0 Å². The summed E-state index contributed by atoms with van der Waals surface area (Å²) >= 11 is 0. The molecule has 1 aromatic carbocycles. The van der Waals surface area contributed by atoms with Crippen molar-refractivity contribution in [1.82, 2.24) is 9.80 Å². The van der Waals surface area contributed by atoms with E-state index in [1.54, 1.807) is 0 Å². The lowest BCUT2D eigenvalue weighted by Crippen LogP contribution is -2.44. The summed E-state index contributed by atoms with van der Waals surface area (Å²) in [5, 5.41) is 0. The zero-order valence-electron chi connectivity index (χ0n) is 17.2. The predicted octanol–water partition coefficient (Wildman–Crippen LogP) is 1.89. The first-order valence-electron chi connectivity index (χ1n) is 10.3. The van der Waals surface area contributed by atoms with Gasteiger partial charge in [0.2, 0.25) is 0 Å². The molecular formula is C21H33BN2O3. The van der Waals surface area contributed by atoms with Crippen LogP contribution in [0.5, 0.6) is 0 Å². The maximum Gasteiger partial charge on any atom is 0.494 e. The van der Waals surface area contributed by atoms with Crippen molar-refractivity contribution >= 4 is 12.6 Å². The molecule has 3 fully saturated rings. The second kappa shape index (κ2) is 7.49. The molecule has 148 valence electrons. The molecule has 0 aromatic heterocycles. The Morgan fingerprint density at radius 3 is 2.44 bits per heavy atom. The summed E-state index contributed by atoms with van der Waals surface area (Å²) in [4.78, 5) is 5.17. The average Bonchev–Trinajstić information content (AvgIpc) is 3.18. The van der Waals surface area contributed by atoms with Crippen LogP contribution in [-0.4, -0.2) is 73.6 Å². The topological polar surface area (TPSA) is 34.2 Å². The second-order valence-electron chi connectivity index (χ2n) is 9.16. The van der Waals surface area contributed by atoms with Crippen molar-refractivity contribution in [3.63, 3.8) is 0 Å². The largest absolute Gasteiger partial charge is 0.494 e. The van der Waals surface area contributed by atoms with Crippen molar-refractivity contribution in [3.05, 3.63) is 29.8 Å². The van der Waals surface area contributed by atoms with Gasteiger partial charge in [-0.2, -0.15) is 0 Å². The fourth-order valence-electron chi connectivity index (χ4n) is 4.27. The van der Waals surface area contributed by atoms with Gasteiger partial charge in [0.1, 0.15) is 0 Å². The van der Waals surface area contributed by atoms with Gasteiger partial charge in [0, 0.05) is 38.8 Å². The number of benzene rings is 1. The van der Waals surface area contributed by atoms with Crippen LogP contribution in [0, 0.1) is 0 Å². The summed E-state index contributed by atoms with van der Waals surface area (Å²) in [6.45, 7) is 15.7. The summed E-state index contributed by atoms with van der Waals surface area (Å²) in [5.41, 5.74) is 1.86. The van der Waals surface area contributed by atoms with E-state index in [-0.39, 0.29) is 18.3 Å². The lowest BCUT2D eigenvalue weighted by atomic mass is 9.78. The molecule has 3 aliphatic rings. The maximum atomic E-state index is 6.22. The number of likely N-dealkylation sites (tertiary alicyclic amines) is 1. The first-order chi connectivity index (χ1) is 12.8. The highest BCUT2D eigenvalue weighted by atomic mass is 16.7. The monoisotopic (exact) mass is 372 g/mol. The lowest BCUT2D eigenvalue weighted by molar-refractivity contribution is 0.00578. The molecule has 0 amide bonds. The quantitative estimate of drug-likeness (QED) is 0.755. The van der Waals surface area contributed by atoms with Crippen LogP contribution in [0.4, 0.5) is 0 Å². The summed E-state index contributed by atoms with van der Waals surface area (Å²) in [7, 11) is -0.283. The van der Waals surface area contributed by atoms with Gasteiger partial charge in [-0.3, -0.25) is 9.80 Å². The Hall–Kier alpha value is -0.915. The van der Waals surface area contributed by atoms with Crippen LogP contribution >= 0.6 is 0 Å². The molecule has 3 saturated heterocycles. The van der Waals surface area contributed by atoms with Gasteiger partial charge in [0.15, 0.2) is 0 Å². The number of rotatable bonds is 4. The minimum absolute atomic E-state index is 0.283. The molecule has 5 nitrogen and oxygen atoms in total. The molecule has 0 saturated carbocycles. The molecule has 1 aromatic rings. The third-order valence-electron chi connectivity index (χ3n) is 6.69. The van der Waals surface area contributed by atoms with Gasteiger partial charge >= 0.3 is 7.12 Å². The van der Waals surface area contributed by atoms with Crippen molar-refractivity contribution in [1.29, 1.82) is 0 Å². The van der Waals surface area contributed by atoms with Gasteiger partial charge < -0.3 is 14.0 Å². The number of hydrogen-bond donors (Lipinski definition) is 0. The molecule has 0 bridgehead atoms. The SMILES string of the molecule is CC1(C)OB(c2cccc(CN3CCC(N4CCOCC4)C3)c2)OC1(C)C. The Morgan fingerprint density at radius 2 is 1.74 bits per heavy atom. The van der Waals surface area contributed by atoms with Crippen molar-refractivity contribution in [2.45, 2.75) is 57.9 Å². The standard InChI is InChI=1S/C21H33BN2O3/c1-20(2)21(3,4)27-22(26-20)18-7-5-6-17(14-18)15-23-9-8-19(16-23)24-10-12-25-13-11-24/h5-7,14,19H,8-13,15-16H2,1-4H3. The molecule has 0 N–H and O–H groups in total. The predicted molar refractivity (Wildman–Crippen MR) is 108 cm³/mol. The highest BCUT2D eigenvalue weighted by Crippen LogP contribution is 2.36. The Labute approximate surface area is 164 Å². The first kappa shape index (κ1) is 19.4. The smallest absolute Gasteiger partial charge is 0.399 e. The summed E-state index contributed by atoms with van der Waals surface area (Å²) in [6.07, 6.45) is 1.26. The molecule has 0 spiro atoms. The molecule has 0 radical (unpaired) electrons. The van der Waals surface area contributed by atoms with Crippen LogP contribution < -0.4 is 5.46 Å². The summed E-state index contributed by atoms with van der Waals surface area (Å²) in [5.74, 6) is 0. The minimum Gasteiger partial charge on any atom is -0.399 e.